The summed E-state index contributed by atoms with van der Waals surface area (Å²) in [7, 11) is 3.06. The van der Waals surface area contributed by atoms with E-state index < -0.39 is 23.6 Å². The number of nitrogens with one attached hydrogen (secondary N) is 1. The van der Waals surface area contributed by atoms with E-state index >= 15 is 0 Å². The third-order valence-corrected chi connectivity index (χ3v) is 5.70. The number of halogens is 4. The van der Waals surface area contributed by atoms with Crippen LogP contribution in [0.25, 0.3) is 11.4 Å². The van der Waals surface area contributed by atoms with Crippen LogP contribution in [0, 0.1) is 5.82 Å². The molecule has 2 aromatic heterocycles. The van der Waals surface area contributed by atoms with Crippen molar-refractivity contribution in [1.29, 1.82) is 0 Å². The van der Waals surface area contributed by atoms with Crippen molar-refractivity contribution in [3.8, 4) is 22.9 Å². The van der Waals surface area contributed by atoms with E-state index in [1.165, 1.54) is 31.2 Å². The normalized spacial score (nSPS) is 12.4. The molecule has 0 aliphatic rings. The summed E-state index contributed by atoms with van der Waals surface area (Å²) < 4.78 is 65.1. The zero-order valence-electron chi connectivity index (χ0n) is 19.6. The fourth-order valence-corrected chi connectivity index (χ4v) is 3.79. The van der Waals surface area contributed by atoms with E-state index in [0.717, 1.165) is 17.7 Å². The van der Waals surface area contributed by atoms with Crippen LogP contribution >= 0.6 is 0 Å². The van der Waals surface area contributed by atoms with Crippen LogP contribution in [0.3, 0.4) is 0 Å². The summed E-state index contributed by atoms with van der Waals surface area (Å²) in [5, 5.41) is 0. The Hall–Kier alpha value is -4.15. The standard InChI is InChI=1S/C25H22F4N4O3/c1-14(17-6-5-16(10-18(17)26)25(27,28)29)33-12-20(30-13-33)19-11-24(34)32-23(31-19)9-15-4-7-21(35-2)22(8-15)36-3/h4-8,10-14H,9H2,1-3H3,(H,31,32,34)/t14-/m0/s1. The molecule has 0 fully saturated rings. The second kappa shape index (κ2) is 9.84. The Morgan fingerprint density at radius 2 is 1.78 bits per heavy atom. The Labute approximate surface area is 203 Å². The quantitative estimate of drug-likeness (QED) is 0.360. The zero-order chi connectivity index (χ0) is 26.0. The van der Waals surface area contributed by atoms with Gasteiger partial charge in [0.1, 0.15) is 17.3 Å². The first-order chi connectivity index (χ1) is 17.1. The number of methoxy groups -OCH3 is 2. The first-order valence-corrected chi connectivity index (χ1v) is 10.8. The smallest absolute Gasteiger partial charge is 0.416 e. The highest BCUT2D eigenvalue weighted by molar-refractivity contribution is 5.52. The molecule has 7 nitrogen and oxygen atoms in total. The Kier molecular flexibility index (Phi) is 6.82. The van der Waals surface area contributed by atoms with Crippen LogP contribution in [-0.2, 0) is 12.6 Å². The Bertz CT molecular complexity index is 1450. The molecule has 4 rings (SSSR count). The molecule has 0 unspecified atom stereocenters. The van der Waals surface area contributed by atoms with Gasteiger partial charge in [-0.25, -0.2) is 14.4 Å². The summed E-state index contributed by atoms with van der Waals surface area (Å²) in [5.74, 6) is 0.525. The molecule has 1 atom stereocenters. The summed E-state index contributed by atoms with van der Waals surface area (Å²) in [4.78, 5) is 23.8. The highest BCUT2D eigenvalue weighted by Gasteiger charge is 2.31. The largest absolute Gasteiger partial charge is 0.493 e. The van der Waals surface area contributed by atoms with Crippen LogP contribution in [0.5, 0.6) is 11.5 Å². The van der Waals surface area contributed by atoms with Gasteiger partial charge in [-0.3, -0.25) is 4.79 Å². The molecule has 4 aromatic rings. The molecule has 0 saturated carbocycles. The molecule has 0 saturated heterocycles. The Morgan fingerprint density at radius 3 is 2.44 bits per heavy atom. The molecule has 2 aromatic carbocycles. The Morgan fingerprint density at radius 1 is 1.03 bits per heavy atom. The highest BCUT2D eigenvalue weighted by atomic mass is 19.4. The zero-order valence-corrected chi connectivity index (χ0v) is 19.6. The summed E-state index contributed by atoms with van der Waals surface area (Å²) >= 11 is 0. The van der Waals surface area contributed by atoms with Crippen molar-refractivity contribution in [3.63, 3.8) is 0 Å². The van der Waals surface area contributed by atoms with Crippen molar-refractivity contribution in [2.24, 2.45) is 0 Å². The number of H-pyrrole nitrogens is 1. The maximum atomic E-state index is 14.5. The van der Waals surface area contributed by atoms with Crippen LogP contribution in [0.2, 0.25) is 0 Å². The second-order valence-electron chi connectivity index (χ2n) is 8.06. The van der Waals surface area contributed by atoms with E-state index in [9.17, 15) is 22.4 Å². The van der Waals surface area contributed by atoms with E-state index in [-0.39, 0.29) is 11.1 Å². The minimum atomic E-state index is -4.63. The minimum absolute atomic E-state index is 0.0694. The average Bonchev–Trinajstić information content (AvgIpc) is 3.33. The third kappa shape index (κ3) is 5.24. The van der Waals surface area contributed by atoms with Gasteiger partial charge in [-0.1, -0.05) is 12.1 Å². The lowest BCUT2D eigenvalue weighted by Gasteiger charge is -2.16. The molecule has 11 heteroatoms. The van der Waals surface area contributed by atoms with Gasteiger partial charge in [-0.15, -0.1) is 0 Å². The molecule has 1 N–H and O–H groups in total. The predicted octanol–water partition coefficient (Wildman–Crippen LogP) is 5.01. The van der Waals surface area contributed by atoms with Gasteiger partial charge >= 0.3 is 6.18 Å². The molecular formula is C25H22F4N4O3. The monoisotopic (exact) mass is 502 g/mol. The predicted molar refractivity (Wildman–Crippen MR) is 124 cm³/mol. The number of hydrogen-bond donors (Lipinski definition) is 1. The van der Waals surface area contributed by atoms with Crippen LogP contribution in [0.4, 0.5) is 17.6 Å². The number of aromatic amines is 1. The van der Waals surface area contributed by atoms with Crippen LogP contribution in [0.15, 0.2) is 59.8 Å². The molecule has 0 spiro atoms. The molecular weight excluding hydrogens is 480 g/mol. The SMILES string of the molecule is COc1ccc(Cc2nc(-c3cn([C@@H](C)c4ccc(C(F)(F)F)cc4F)cn3)cc(=O)[nH]2)cc1OC. The van der Waals surface area contributed by atoms with Crippen molar-refractivity contribution in [2.75, 3.05) is 14.2 Å². The van der Waals surface area contributed by atoms with E-state index in [2.05, 4.69) is 15.0 Å². The number of nitrogens with zero attached hydrogens (tertiary/aromatic N) is 3. The van der Waals surface area contributed by atoms with Crippen molar-refractivity contribution in [2.45, 2.75) is 25.6 Å². The van der Waals surface area contributed by atoms with Gasteiger partial charge in [-0.2, -0.15) is 13.2 Å². The lowest BCUT2D eigenvalue weighted by molar-refractivity contribution is -0.137. The molecule has 0 amide bonds. The topological polar surface area (TPSA) is 82.0 Å². The number of ether oxygens (including phenoxy) is 2. The number of benzene rings is 2. The summed E-state index contributed by atoms with van der Waals surface area (Å²) in [5.41, 5.74) is 0.107. The molecule has 36 heavy (non-hydrogen) atoms. The number of hydrogen-bond acceptors (Lipinski definition) is 5. The second-order valence-corrected chi connectivity index (χ2v) is 8.06. The molecule has 2 heterocycles. The molecule has 0 aliphatic heterocycles. The van der Waals surface area contributed by atoms with Crippen molar-refractivity contribution < 1.29 is 27.0 Å². The van der Waals surface area contributed by atoms with Crippen molar-refractivity contribution >= 4 is 0 Å². The summed E-state index contributed by atoms with van der Waals surface area (Å²) in [6.07, 6.45) is -1.36. The summed E-state index contributed by atoms with van der Waals surface area (Å²) in [6.45, 7) is 1.63. The minimum Gasteiger partial charge on any atom is -0.493 e. The van der Waals surface area contributed by atoms with Gasteiger partial charge < -0.3 is 19.0 Å². The van der Waals surface area contributed by atoms with Crippen molar-refractivity contribution in [1.82, 2.24) is 19.5 Å². The van der Waals surface area contributed by atoms with Gasteiger partial charge in [0.2, 0.25) is 0 Å². The van der Waals surface area contributed by atoms with Gasteiger partial charge in [0.05, 0.1) is 37.8 Å². The van der Waals surface area contributed by atoms with E-state index in [0.29, 0.717) is 41.2 Å². The third-order valence-electron chi connectivity index (χ3n) is 5.70. The fraction of sp³-hybridized carbons (Fsp3) is 0.240. The van der Waals surface area contributed by atoms with Gasteiger partial charge in [0.25, 0.3) is 5.56 Å². The number of aromatic nitrogens is 4. The Balaban J connectivity index is 1.59. The van der Waals surface area contributed by atoms with Gasteiger partial charge in [0.15, 0.2) is 11.5 Å². The first-order valence-electron chi connectivity index (χ1n) is 10.8. The summed E-state index contributed by atoms with van der Waals surface area (Å²) in [6, 6.07) is 8.40. The van der Waals surface area contributed by atoms with Crippen LogP contribution < -0.4 is 15.0 Å². The van der Waals surface area contributed by atoms with Crippen LogP contribution in [0.1, 0.15) is 35.5 Å². The maximum Gasteiger partial charge on any atom is 0.416 e. The lowest BCUT2D eigenvalue weighted by Crippen LogP contribution is -2.12. The molecule has 188 valence electrons. The number of rotatable bonds is 7. The highest BCUT2D eigenvalue weighted by Crippen LogP contribution is 2.32. The van der Waals surface area contributed by atoms with E-state index in [1.807, 2.05) is 6.07 Å². The first kappa shape index (κ1) is 25.0. The van der Waals surface area contributed by atoms with Gasteiger partial charge in [0, 0.05) is 24.2 Å². The molecule has 0 bridgehead atoms. The van der Waals surface area contributed by atoms with E-state index in [4.69, 9.17) is 9.47 Å². The molecule has 0 radical (unpaired) electrons. The van der Waals surface area contributed by atoms with E-state index in [1.54, 1.807) is 25.3 Å². The molecule has 0 aliphatic carbocycles. The maximum absolute atomic E-state index is 14.5. The van der Waals surface area contributed by atoms with Crippen LogP contribution in [-0.4, -0.2) is 33.7 Å². The van der Waals surface area contributed by atoms with Gasteiger partial charge in [-0.05, 0) is 36.8 Å². The number of imidazole rings is 1. The lowest BCUT2D eigenvalue weighted by atomic mass is 10.0. The fourth-order valence-electron chi connectivity index (χ4n) is 3.79. The van der Waals surface area contributed by atoms with Crippen molar-refractivity contribution in [3.05, 3.63) is 93.7 Å². The number of alkyl halides is 3. The average molecular weight is 502 g/mol.